The van der Waals surface area contributed by atoms with Gasteiger partial charge in [0.1, 0.15) is 6.04 Å². The Labute approximate surface area is 211 Å². The van der Waals surface area contributed by atoms with Crippen molar-refractivity contribution in [2.75, 3.05) is 11.5 Å². The molecule has 1 atom stereocenters. The molecule has 182 valence electrons. The zero-order valence-electron chi connectivity index (χ0n) is 18.8. The lowest BCUT2D eigenvalue weighted by Crippen LogP contribution is -2.48. The third kappa shape index (κ3) is 5.48. The maximum absolute atomic E-state index is 12.8. The SMILES string of the molecule is O=C(NNC1CC(=O)N(c2ccc(C(=O)OCC(=O)c3ccccc3Cl)cc2)C1=O)c1ccccc1. The van der Waals surface area contributed by atoms with Crippen molar-refractivity contribution in [1.29, 1.82) is 0 Å². The van der Waals surface area contributed by atoms with E-state index in [9.17, 15) is 24.0 Å². The van der Waals surface area contributed by atoms with Crippen molar-refractivity contribution < 1.29 is 28.7 Å². The summed E-state index contributed by atoms with van der Waals surface area (Å²) in [5.41, 5.74) is 6.08. The predicted octanol–water partition coefficient (Wildman–Crippen LogP) is 2.95. The summed E-state index contributed by atoms with van der Waals surface area (Å²) in [6, 6.07) is 19.5. The number of nitrogens with one attached hydrogen (secondary N) is 2. The van der Waals surface area contributed by atoms with Crippen molar-refractivity contribution in [3.8, 4) is 0 Å². The average molecular weight is 506 g/mol. The molecular weight excluding hydrogens is 486 g/mol. The Morgan fingerprint density at radius 3 is 2.25 bits per heavy atom. The van der Waals surface area contributed by atoms with Crippen molar-refractivity contribution in [2.24, 2.45) is 0 Å². The van der Waals surface area contributed by atoms with Crippen LogP contribution >= 0.6 is 11.6 Å². The van der Waals surface area contributed by atoms with Gasteiger partial charge in [-0.3, -0.25) is 24.6 Å². The second-order valence-corrected chi connectivity index (χ2v) is 8.22. The summed E-state index contributed by atoms with van der Waals surface area (Å²) in [5.74, 6) is -2.65. The van der Waals surface area contributed by atoms with Gasteiger partial charge in [0.25, 0.3) is 11.8 Å². The van der Waals surface area contributed by atoms with E-state index in [0.717, 1.165) is 4.90 Å². The third-order valence-corrected chi connectivity index (χ3v) is 5.74. The number of esters is 1. The number of ether oxygens (including phenoxy) is 1. The van der Waals surface area contributed by atoms with Gasteiger partial charge in [-0.1, -0.05) is 41.9 Å². The molecule has 0 spiro atoms. The van der Waals surface area contributed by atoms with Crippen molar-refractivity contribution in [3.05, 3.63) is 101 Å². The van der Waals surface area contributed by atoms with Crippen molar-refractivity contribution in [1.82, 2.24) is 10.9 Å². The number of amides is 3. The summed E-state index contributed by atoms with van der Waals surface area (Å²) in [7, 11) is 0. The number of hydrazine groups is 1. The molecule has 3 amide bonds. The van der Waals surface area contributed by atoms with Crippen LogP contribution < -0.4 is 15.8 Å². The van der Waals surface area contributed by atoms with E-state index in [1.165, 1.54) is 30.3 Å². The van der Waals surface area contributed by atoms with E-state index in [-0.39, 0.29) is 28.3 Å². The molecular formula is C26H20ClN3O6. The molecule has 0 radical (unpaired) electrons. The van der Waals surface area contributed by atoms with Crippen LogP contribution in [0.4, 0.5) is 5.69 Å². The molecule has 4 rings (SSSR count). The monoisotopic (exact) mass is 505 g/mol. The Bertz CT molecular complexity index is 1330. The third-order valence-electron chi connectivity index (χ3n) is 5.41. The highest BCUT2D eigenvalue weighted by atomic mass is 35.5. The Morgan fingerprint density at radius 1 is 0.889 bits per heavy atom. The van der Waals surface area contributed by atoms with Gasteiger partial charge in [-0.25, -0.2) is 15.1 Å². The molecule has 2 N–H and O–H groups in total. The van der Waals surface area contributed by atoms with Crippen LogP contribution in [0.15, 0.2) is 78.9 Å². The number of benzene rings is 3. The van der Waals surface area contributed by atoms with Gasteiger partial charge in [0, 0.05) is 11.1 Å². The number of halogens is 1. The number of anilines is 1. The van der Waals surface area contributed by atoms with Gasteiger partial charge in [0.15, 0.2) is 6.61 Å². The zero-order chi connectivity index (χ0) is 25.7. The van der Waals surface area contributed by atoms with E-state index in [1.54, 1.807) is 48.5 Å². The molecule has 1 aliphatic heterocycles. The fraction of sp³-hybridized carbons (Fsp3) is 0.115. The summed E-state index contributed by atoms with van der Waals surface area (Å²) in [6.45, 7) is -0.491. The molecule has 0 bridgehead atoms. The van der Waals surface area contributed by atoms with Crippen LogP contribution in [0.25, 0.3) is 0 Å². The molecule has 3 aromatic rings. The number of nitrogens with zero attached hydrogens (tertiary/aromatic N) is 1. The number of carbonyl (C=O) groups is 5. The molecule has 10 heteroatoms. The predicted molar refractivity (Wildman–Crippen MR) is 130 cm³/mol. The molecule has 1 unspecified atom stereocenters. The van der Waals surface area contributed by atoms with Gasteiger partial charge >= 0.3 is 5.97 Å². The number of hydrogen-bond donors (Lipinski definition) is 2. The molecule has 0 aliphatic carbocycles. The number of carbonyl (C=O) groups excluding carboxylic acids is 5. The van der Waals surface area contributed by atoms with Crippen molar-refractivity contribution in [3.63, 3.8) is 0 Å². The molecule has 1 saturated heterocycles. The van der Waals surface area contributed by atoms with E-state index in [2.05, 4.69) is 10.9 Å². The van der Waals surface area contributed by atoms with Gasteiger partial charge < -0.3 is 4.74 Å². The van der Waals surface area contributed by atoms with Crippen LogP contribution in [0, 0.1) is 0 Å². The molecule has 1 heterocycles. The topological polar surface area (TPSA) is 122 Å². The standard InChI is InChI=1S/C26H20ClN3O6/c27-20-9-5-4-8-19(20)22(31)15-36-26(35)17-10-12-18(13-11-17)30-23(32)14-21(25(30)34)28-29-24(33)16-6-2-1-3-7-16/h1-13,21,28H,14-15H2,(H,29,33). The highest BCUT2D eigenvalue weighted by Crippen LogP contribution is 2.23. The maximum atomic E-state index is 12.8. The first-order valence-corrected chi connectivity index (χ1v) is 11.3. The number of Topliss-reactive ketones (excluding diaryl/α,β-unsaturated/α-hetero) is 1. The van der Waals surface area contributed by atoms with Gasteiger partial charge in [-0.2, -0.15) is 0 Å². The van der Waals surface area contributed by atoms with Gasteiger partial charge in [-0.05, 0) is 48.5 Å². The summed E-state index contributed by atoms with van der Waals surface area (Å²) >= 11 is 5.98. The first kappa shape index (κ1) is 24.8. The van der Waals surface area contributed by atoms with E-state index in [4.69, 9.17) is 16.3 Å². The van der Waals surface area contributed by atoms with Crippen LogP contribution in [0.3, 0.4) is 0 Å². The molecule has 0 aromatic heterocycles. The van der Waals surface area contributed by atoms with Crippen molar-refractivity contribution >= 4 is 46.8 Å². The fourth-order valence-corrected chi connectivity index (χ4v) is 3.80. The van der Waals surface area contributed by atoms with Crippen LogP contribution in [-0.2, 0) is 14.3 Å². The molecule has 1 fully saturated rings. The van der Waals surface area contributed by atoms with Gasteiger partial charge in [-0.15, -0.1) is 0 Å². The second kappa shape index (κ2) is 10.9. The van der Waals surface area contributed by atoms with E-state index in [0.29, 0.717) is 5.56 Å². The minimum Gasteiger partial charge on any atom is -0.454 e. The Hall–Kier alpha value is -4.34. The van der Waals surface area contributed by atoms with E-state index < -0.39 is 42.1 Å². The molecule has 1 aliphatic rings. The quantitative estimate of drug-likeness (QED) is 0.209. The number of ketones is 1. The minimum absolute atomic E-state index is 0.134. The maximum Gasteiger partial charge on any atom is 0.338 e. The second-order valence-electron chi connectivity index (χ2n) is 7.81. The first-order chi connectivity index (χ1) is 17.3. The van der Waals surface area contributed by atoms with Crippen molar-refractivity contribution in [2.45, 2.75) is 12.5 Å². The summed E-state index contributed by atoms with van der Waals surface area (Å²) < 4.78 is 5.07. The number of hydrogen-bond acceptors (Lipinski definition) is 7. The number of rotatable bonds is 8. The highest BCUT2D eigenvalue weighted by Gasteiger charge is 2.39. The zero-order valence-corrected chi connectivity index (χ0v) is 19.5. The average Bonchev–Trinajstić information content (AvgIpc) is 3.19. The van der Waals surface area contributed by atoms with Crippen LogP contribution in [0.1, 0.15) is 37.5 Å². The molecule has 36 heavy (non-hydrogen) atoms. The highest BCUT2D eigenvalue weighted by molar-refractivity contribution is 6.34. The Balaban J connectivity index is 1.34. The van der Waals surface area contributed by atoms with E-state index >= 15 is 0 Å². The smallest absolute Gasteiger partial charge is 0.338 e. The van der Waals surface area contributed by atoms with Gasteiger partial charge in [0.05, 0.1) is 22.7 Å². The van der Waals surface area contributed by atoms with E-state index in [1.807, 2.05) is 0 Å². The largest absolute Gasteiger partial charge is 0.454 e. The minimum atomic E-state index is -0.939. The fourth-order valence-electron chi connectivity index (χ4n) is 3.56. The lowest BCUT2D eigenvalue weighted by molar-refractivity contribution is -0.121. The molecule has 0 saturated carbocycles. The molecule has 3 aromatic carbocycles. The number of imide groups is 1. The normalized spacial score (nSPS) is 15.0. The summed E-state index contributed by atoms with van der Waals surface area (Å²) in [5, 5.41) is 0.260. The first-order valence-electron chi connectivity index (χ1n) is 10.9. The van der Waals surface area contributed by atoms with Gasteiger partial charge in [0.2, 0.25) is 11.7 Å². The van der Waals surface area contributed by atoms with Crippen LogP contribution in [0.2, 0.25) is 5.02 Å². The lowest BCUT2D eigenvalue weighted by atomic mass is 10.1. The molecule has 9 nitrogen and oxygen atoms in total. The Kier molecular flexibility index (Phi) is 7.53. The van der Waals surface area contributed by atoms with Crippen LogP contribution in [0.5, 0.6) is 0 Å². The summed E-state index contributed by atoms with van der Waals surface area (Å²) in [6.07, 6.45) is -0.151. The summed E-state index contributed by atoms with van der Waals surface area (Å²) in [4.78, 5) is 63.0. The van der Waals surface area contributed by atoms with Crippen LogP contribution in [-0.4, -0.2) is 42.1 Å². The Morgan fingerprint density at radius 2 is 1.56 bits per heavy atom. The lowest BCUT2D eigenvalue weighted by Gasteiger charge is -2.16.